The van der Waals surface area contributed by atoms with Crippen LogP contribution in [-0.4, -0.2) is 72.8 Å². The topological polar surface area (TPSA) is 68.9 Å². The molecule has 3 heterocycles. The highest BCUT2D eigenvalue weighted by molar-refractivity contribution is 14.0. The Hall–Kier alpha value is -0.870. The molecular weight excluding hydrogens is 491 g/mol. The second-order valence-corrected chi connectivity index (χ2v) is 9.00. The van der Waals surface area contributed by atoms with Crippen molar-refractivity contribution in [2.75, 3.05) is 46.3 Å². The van der Waals surface area contributed by atoms with E-state index in [0.29, 0.717) is 12.5 Å². The third-order valence-electron chi connectivity index (χ3n) is 6.44. The molecule has 0 radical (unpaired) electrons. The molecule has 2 aliphatic rings. The van der Waals surface area contributed by atoms with Gasteiger partial charge in [0.05, 0.1) is 5.69 Å². The number of nitrogens with one attached hydrogen (secondary N) is 2. The molecule has 8 heteroatoms. The van der Waals surface area contributed by atoms with Crippen LogP contribution in [0.25, 0.3) is 0 Å². The Kier molecular flexibility index (Phi) is 10.4. The van der Waals surface area contributed by atoms with Gasteiger partial charge in [-0.25, -0.2) is 4.99 Å². The van der Waals surface area contributed by atoms with Crippen LogP contribution in [0.1, 0.15) is 70.2 Å². The van der Waals surface area contributed by atoms with Crippen molar-refractivity contribution in [1.82, 2.24) is 25.6 Å². The first kappa shape index (κ1) is 25.4. The lowest BCUT2D eigenvalue weighted by Gasteiger charge is -2.50. The Morgan fingerprint density at radius 1 is 1.17 bits per heavy atom. The van der Waals surface area contributed by atoms with Crippen LogP contribution in [0.4, 0.5) is 0 Å². The molecule has 0 atom stereocenters. The fraction of sp³-hybridized carbons (Fsp3) is 0.818. The van der Waals surface area contributed by atoms with E-state index < -0.39 is 0 Å². The van der Waals surface area contributed by atoms with Gasteiger partial charge in [-0.3, -0.25) is 4.90 Å². The van der Waals surface area contributed by atoms with Gasteiger partial charge in [-0.2, -0.15) is 0 Å². The average molecular weight is 533 g/mol. The van der Waals surface area contributed by atoms with Crippen LogP contribution in [0.3, 0.4) is 0 Å². The number of nitrogens with zero attached hydrogens (tertiary/aromatic N) is 4. The van der Waals surface area contributed by atoms with Gasteiger partial charge in [-0.15, -0.1) is 24.0 Å². The molecule has 0 saturated carbocycles. The molecule has 0 unspecified atom stereocenters. The van der Waals surface area contributed by atoms with Gasteiger partial charge >= 0.3 is 0 Å². The van der Waals surface area contributed by atoms with Crippen molar-refractivity contribution >= 4 is 29.9 Å². The third-order valence-corrected chi connectivity index (χ3v) is 6.44. The normalized spacial score (nSPS) is 20.8. The fourth-order valence-corrected chi connectivity index (χ4v) is 4.43. The van der Waals surface area contributed by atoms with Gasteiger partial charge in [0, 0.05) is 24.7 Å². The van der Waals surface area contributed by atoms with Crippen molar-refractivity contribution < 1.29 is 4.52 Å². The fourth-order valence-electron chi connectivity index (χ4n) is 4.43. The highest BCUT2D eigenvalue weighted by Crippen LogP contribution is 2.30. The molecule has 7 nitrogen and oxygen atoms in total. The Morgan fingerprint density at radius 2 is 1.87 bits per heavy atom. The number of aromatic nitrogens is 1. The van der Waals surface area contributed by atoms with E-state index >= 15 is 0 Å². The van der Waals surface area contributed by atoms with E-state index in [2.05, 4.69) is 53.4 Å². The SMILES string of the molecule is CCNC(=NCc1cc(C(C)C)no1)NCC1(N2CCCCC2)CCN(C)CC1.I. The second-order valence-electron chi connectivity index (χ2n) is 9.00. The highest BCUT2D eigenvalue weighted by atomic mass is 127. The number of piperidine rings is 2. The molecule has 2 N–H and O–H groups in total. The maximum Gasteiger partial charge on any atom is 0.191 e. The van der Waals surface area contributed by atoms with Crippen molar-refractivity contribution in [3.05, 3.63) is 17.5 Å². The molecule has 30 heavy (non-hydrogen) atoms. The Labute approximate surface area is 199 Å². The summed E-state index contributed by atoms with van der Waals surface area (Å²) in [5, 5.41) is 11.2. The van der Waals surface area contributed by atoms with Crippen molar-refractivity contribution in [3.8, 4) is 0 Å². The maximum absolute atomic E-state index is 5.45. The van der Waals surface area contributed by atoms with Gasteiger partial charge in [0.1, 0.15) is 6.54 Å². The number of aliphatic imine (C=N–C) groups is 1. The molecule has 0 aliphatic carbocycles. The van der Waals surface area contributed by atoms with Gasteiger partial charge in [0.25, 0.3) is 0 Å². The minimum atomic E-state index is 0. The summed E-state index contributed by atoms with van der Waals surface area (Å²) in [7, 11) is 2.24. The minimum Gasteiger partial charge on any atom is -0.359 e. The molecular formula is C22H41IN6O. The van der Waals surface area contributed by atoms with Crippen LogP contribution >= 0.6 is 24.0 Å². The molecule has 0 amide bonds. The zero-order valence-electron chi connectivity index (χ0n) is 19.2. The quantitative estimate of drug-likeness (QED) is 0.319. The summed E-state index contributed by atoms with van der Waals surface area (Å²) in [4.78, 5) is 9.98. The lowest BCUT2D eigenvalue weighted by atomic mass is 9.84. The Bertz CT molecular complexity index is 648. The van der Waals surface area contributed by atoms with Crippen molar-refractivity contribution in [2.24, 2.45) is 4.99 Å². The molecule has 2 fully saturated rings. The Balaban J connectivity index is 0.00000320. The molecule has 1 aromatic heterocycles. The minimum absolute atomic E-state index is 0. The zero-order chi connectivity index (χ0) is 20.7. The van der Waals surface area contributed by atoms with E-state index in [-0.39, 0.29) is 29.5 Å². The summed E-state index contributed by atoms with van der Waals surface area (Å²) < 4.78 is 5.45. The number of hydrogen-bond donors (Lipinski definition) is 2. The molecule has 0 spiro atoms. The van der Waals surface area contributed by atoms with E-state index in [1.54, 1.807) is 0 Å². The van der Waals surface area contributed by atoms with E-state index in [1.807, 2.05) is 6.07 Å². The van der Waals surface area contributed by atoms with Gasteiger partial charge in [-0.1, -0.05) is 25.4 Å². The summed E-state index contributed by atoms with van der Waals surface area (Å²) in [6.45, 7) is 13.5. The number of hydrogen-bond acceptors (Lipinski definition) is 5. The van der Waals surface area contributed by atoms with E-state index in [1.165, 1.54) is 58.3 Å². The first-order chi connectivity index (χ1) is 14.0. The summed E-state index contributed by atoms with van der Waals surface area (Å²) in [6.07, 6.45) is 6.47. The van der Waals surface area contributed by atoms with Crippen molar-refractivity contribution in [1.29, 1.82) is 0 Å². The molecule has 172 valence electrons. The monoisotopic (exact) mass is 532 g/mol. The summed E-state index contributed by atoms with van der Waals surface area (Å²) >= 11 is 0. The van der Waals surface area contributed by atoms with Crippen LogP contribution in [0.15, 0.2) is 15.6 Å². The van der Waals surface area contributed by atoms with E-state index in [0.717, 1.165) is 30.5 Å². The van der Waals surface area contributed by atoms with E-state index in [4.69, 9.17) is 9.52 Å². The average Bonchev–Trinajstić information content (AvgIpc) is 3.22. The number of halogens is 1. The standard InChI is InChI=1S/C22H40N6O.HI/c1-5-23-21(24-16-19-15-20(18(2)3)26-29-19)25-17-22(9-13-27(4)14-10-22)28-11-7-6-8-12-28;/h15,18H,5-14,16-17H2,1-4H3,(H2,23,24,25);1H. The van der Waals surface area contributed by atoms with Crippen molar-refractivity contribution in [3.63, 3.8) is 0 Å². The predicted molar refractivity (Wildman–Crippen MR) is 134 cm³/mol. The maximum atomic E-state index is 5.45. The zero-order valence-corrected chi connectivity index (χ0v) is 21.6. The van der Waals surface area contributed by atoms with Crippen LogP contribution in [0.2, 0.25) is 0 Å². The molecule has 0 aromatic carbocycles. The van der Waals surface area contributed by atoms with Gasteiger partial charge in [0.2, 0.25) is 0 Å². The molecule has 2 saturated heterocycles. The second kappa shape index (κ2) is 12.2. The number of guanidine groups is 1. The largest absolute Gasteiger partial charge is 0.359 e. The Morgan fingerprint density at radius 3 is 2.47 bits per heavy atom. The highest BCUT2D eigenvalue weighted by Gasteiger charge is 2.39. The van der Waals surface area contributed by atoms with Crippen molar-refractivity contribution in [2.45, 2.75) is 70.9 Å². The molecule has 0 bridgehead atoms. The van der Waals surface area contributed by atoms with Crippen LogP contribution in [-0.2, 0) is 6.54 Å². The summed E-state index contributed by atoms with van der Waals surface area (Å²) in [6, 6.07) is 2.02. The smallest absolute Gasteiger partial charge is 0.191 e. The first-order valence-electron chi connectivity index (χ1n) is 11.4. The van der Waals surface area contributed by atoms with E-state index in [9.17, 15) is 0 Å². The molecule has 1 aromatic rings. The molecule has 2 aliphatic heterocycles. The van der Waals surface area contributed by atoms with Crippen LogP contribution in [0, 0.1) is 0 Å². The summed E-state index contributed by atoms with van der Waals surface area (Å²) in [5.74, 6) is 2.05. The number of rotatable bonds is 7. The lowest BCUT2D eigenvalue weighted by molar-refractivity contribution is 0.0173. The lowest BCUT2D eigenvalue weighted by Crippen LogP contribution is -2.62. The van der Waals surface area contributed by atoms with Crippen LogP contribution in [0.5, 0.6) is 0 Å². The third kappa shape index (κ3) is 6.82. The van der Waals surface area contributed by atoms with Crippen LogP contribution < -0.4 is 10.6 Å². The first-order valence-corrected chi connectivity index (χ1v) is 11.4. The van der Waals surface area contributed by atoms with Gasteiger partial charge < -0.3 is 20.1 Å². The number of likely N-dealkylation sites (tertiary alicyclic amines) is 2. The molecule has 3 rings (SSSR count). The predicted octanol–water partition coefficient (Wildman–Crippen LogP) is 3.42. The van der Waals surface area contributed by atoms with Gasteiger partial charge in [-0.05, 0) is 71.8 Å². The van der Waals surface area contributed by atoms with Gasteiger partial charge in [0.15, 0.2) is 11.7 Å². The summed E-state index contributed by atoms with van der Waals surface area (Å²) in [5.41, 5.74) is 1.23.